The van der Waals surface area contributed by atoms with Crippen LogP contribution in [0.3, 0.4) is 0 Å². The summed E-state index contributed by atoms with van der Waals surface area (Å²) in [6.07, 6.45) is 2.62. The summed E-state index contributed by atoms with van der Waals surface area (Å²) in [4.78, 5) is 16.5. The summed E-state index contributed by atoms with van der Waals surface area (Å²) in [6.45, 7) is 6.50. The number of carboxylic acids is 1. The molecule has 0 aliphatic carbocycles. The summed E-state index contributed by atoms with van der Waals surface area (Å²) >= 11 is 0. The third-order valence-electron chi connectivity index (χ3n) is 5.58. The molecule has 0 spiro atoms. The second-order valence-corrected chi connectivity index (χ2v) is 6.21. The van der Waals surface area contributed by atoms with Crippen molar-refractivity contribution < 1.29 is 9.90 Å². The van der Waals surface area contributed by atoms with Gasteiger partial charge in [0.25, 0.3) is 0 Å². The van der Waals surface area contributed by atoms with E-state index in [9.17, 15) is 9.90 Å². The number of likely N-dealkylation sites (tertiary alicyclic amines) is 1. The topological polar surface area (TPSA) is 55.8 Å². The fraction of sp³-hybridized carbons (Fsp3) is 0.929. The maximum Gasteiger partial charge on any atom is 0.322 e. The van der Waals surface area contributed by atoms with Crippen molar-refractivity contribution in [2.45, 2.75) is 37.9 Å². The van der Waals surface area contributed by atoms with E-state index < -0.39 is 12.0 Å². The molecule has 5 heteroatoms. The summed E-state index contributed by atoms with van der Waals surface area (Å²) in [7, 11) is 1.77. The molecular weight excluding hydrogens is 242 g/mol. The van der Waals surface area contributed by atoms with Crippen LogP contribution >= 0.6 is 0 Å². The van der Waals surface area contributed by atoms with Crippen LogP contribution in [-0.4, -0.2) is 72.2 Å². The molecule has 4 unspecified atom stereocenters. The number of piperidine rings is 3. The van der Waals surface area contributed by atoms with E-state index in [0.29, 0.717) is 12.0 Å². The van der Waals surface area contributed by atoms with Gasteiger partial charge in [0, 0.05) is 12.6 Å². The van der Waals surface area contributed by atoms with Gasteiger partial charge in [0.05, 0.1) is 6.04 Å². The monoisotopic (exact) mass is 267 g/mol. The van der Waals surface area contributed by atoms with Gasteiger partial charge in [0.1, 0.15) is 6.04 Å². The van der Waals surface area contributed by atoms with Gasteiger partial charge >= 0.3 is 5.97 Å². The predicted octanol–water partition coefficient (Wildman–Crippen LogP) is 0.0735. The lowest BCUT2D eigenvalue weighted by Gasteiger charge is -2.50. The van der Waals surface area contributed by atoms with E-state index in [2.05, 4.69) is 22.0 Å². The van der Waals surface area contributed by atoms with Crippen molar-refractivity contribution in [3.8, 4) is 0 Å². The quantitative estimate of drug-likeness (QED) is 0.755. The number of aliphatic carboxylic acids is 1. The van der Waals surface area contributed by atoms with Gasteiger partial charge in [-0.2, -0.15) is 0 Å². The Morgan fingerprint density at radius 3 is 2.63 bits per heavy atom. The fourth-order valence-electron chi connectivity index (χ4n) is 4.72. The van der Waals surface area contributed by atoms with E-state index in [4.69, 9.17) is 0 Å². The molecule has 0 saturated carbocycles. The van der Waals surface area contributed by atoms with Crippen LogP contribution in [0.15, 0.2) is 0 Å². The van der Waals surface area contributed by atoms with Crippen molar-refractivity contribution in [2.75, 3.05) is 33.2 Å². The normalized spacial score (nSPS) is 43.2. The lowest BCUT2D eigenvalue weighted by atomic mass is 9.73. The zero-order valence-electron chi connectivity index (χ0n) is 11.9. The van der Waals surface area contributed by atoms with Crippen LogP contribution in [0.4, 0.5) is 0 Å². The fourth-order valence-corrected chi connectivity index (χ4v) is 4.72. The van der Waals surface area contributed by atoms with Crippen molar-refractivity contribution in [3.63, 3.8) is 0 Å². The van der Waals surface area contributed by atoms with Crippen molar-refractivity contribution >= 4 is 5.97 Å². The number of carboxylic acid groups (broad SMARTS) is 1. The molecule has 4 atom stereocenters. The molecule has 108 valence electrons. The molecule has 4 aliphatic heterocycles. The molecule has 0 aromatic carbocycles. The van der Waals surface area contributed by atoms with Crippen LogP contribution in [-0.2, 0) is 4.79 Å². The van der Waals surface area contributed by atoms with Gasteiger partial charge in [-0.1, -0.05) is 6.92 Å². The Morgan fingerprint density at radius 1 is 1.42 bits per heavy atom. The van der Waals surface area contributed by atoms with Crippen LogP contribution in [0, 0.1) is 11.8 Å². The first-order chi connectivity index (χ1) is 9.17. The van der Waals surface area contributed by atoms with Gasteiger partial charge < -0.3 is 10.4 Å². The summed E-state index contributed by atoms with van der Waals surface area (Å²) in [5.41, 5.74) is 0. The average molecular weight is 267 g/mol. The Balaban J connectivity index is 1.90. The van der Waals surface area contributed by atoms with Gasteiger partial charge in [-0.25, -0.2) is 0 Å². The highest BCUT2D eigenvalue weighted by atomic mass is 16.4. The maximum atomic E-state index is 11.6. The minimum absolute atomic E-state index is 0.126. The van der Waals surface area contributed by atoms with Crippen molar-refractivity contribution in [1.29, 1.82) is 0 Å². The number of rotatable bonds is 4. The number of nitrogens with zero attached hydrogens (tertiary/aromatic N) is 2. The molecule has 4 aliphatic rings. The van der Waals surface area contributed by atoms with Gasteiger partial charge in [0.2, 0.25) is 0 Å². The molecule has 4 rings (SSSR count). The molecule has 0 radical (unpaired) electrons. The number of hydrogen-bond acceptors (Lipinski definition) is 4. The molecule has 5 nitrogen and oxygen atoms in total. The Morgan fingerprint density at radius 2 is 2.11 bits per heavy atom. The van der Waals surface area contributed by atoms with E-state index in [-0.39, 0.29) is 6.04 Å². The first-order valence-corrected chi connectivity index (χ1v) is 7.55. The molecule has 0 aromatic rings. The molecule has 19 heavy (non-hydrogen) atoms. The predicted molar refractivity (Wildman–Crippen MR) is 73.1 cm³/mol. The molecule has 2 bridgehead atoms. The standard InChI is InChI=1S/C14H25N3O2/c1-3-16-8-10-9-4-6-17(7-5-9)12(10)13(16)11(15-2)14(18)19/h9-13,15H,3-8H2,1-2H3,(H,18,19). The third kappa shape index (κ3) is 1.99. The number of likely N-dealkylation sites (N-methyl/N-ethyl adjacent to an activating group) is 2. The van der Waals surface area contributed by atoms with Gasteiger partial charge in [0.15, 0.2) is 0 Å². The van der Waals surface area contributed by atoms with Gasteiger partial charge in [-0.3, -0.25) is 14.6 Å². The second-order valence-electron chi connectivity index (χ2n) is 6.21. The van der Waals surface area contributed by atoms with Crippen LogP contribution in [0.5, 0.6) is 0 Å². The van der Waals surface area contributed by atoms with E-state index >= 15 is 0 Å². The molecule has 0 aromatic heterocycles. The number of nitrogens with one attached hydrogen (secondary N) is 1. The van der Waals surface area contributed by atoms with Gasteiger partial charge in [-0.15, -0.1) is 0 Å². The highest BCUT2D eigenvalue weighted by Crippen LogP contribution is 2.44. The summed E-state index contributed by atoms with van der Waals surface area (Å²) in [5, 5.41) is 12.5. The van der Waals surface area contributed by atoms with Crippen molar-refractivity contribution in [2.24, 2.45) is 11.8 Å². The summed E-state index contributed by atoms with van der Waals surface area (Å²) < 4.78 is 0. The summed E-state index contributed by atoms with van der Waals surface area (Å²) in [5.74, 6) is 0.789. The first kappa shape index (κ1) is 13.3. The van der Waals surface area contributed by atoms with Crippen molar-refractivity contribution in [3.05, 3.63) is 0 Å². The Labute approximate surface area is 114 Å². The first-order valence-electron chi connectivity index (χ1n) is 7.55. The Hall–Kier alpha value is -0.650. The minimum atomic E-state index is -0.714. The molecular formula is C14H25N3O2. The number of fused-ring (bicyclic) bond motifs is 2. The Kier molecular flexibility index (Phi) is 3.53. The van der Waals surface area contributed by atoms with Crippen molar-refractivity contribution in [1.82, 2.24) is 15.1 Å². The van der Waals surface area contributed by atoms with Crippen LogP contribution < -0.4 is 5.32 Å². The Bertz CT molecular complexity index is 355. The van der Waals surface area contributed by atoms with E-state index in [0.717, 1.165) is 32.1 Å². The minimum Gasteiger partial charge on any atom is -0.480 e. The number of hydrogen-bond donors (Lipinski definition) is 2. The maximum absolute atomic E-state index is 11.6. The smallest absolute Gasteiger partial charge is 0.322 e. The summed E-state index contributed by atoms with van der Waals surface area (Å²) in [6, 6.07) is 0.121. The molecule has 2 N–H and O–H groups in total. The molecule has 0 amide bonds. The molecule has 4 fully saturated rings. The lowest BCUT2D eigenvalue weighted by molar-refractivity contribution is -0.142. The zero-order valence-corrected chi connectivity index (χ0v) is 11.9. The average Bonchev–Trinajstić information content (AvgIpc) is 2.82. The van der Waals surface area contributed by atoms with Crippen LogP contribution in [0.2, 0.25) is 0 Å². The highest BCUT2D eigenvalue weighted by molar-refractivity contribution is 5.74. The third-order valence-corrected chi connectivity index (χ3v) is 5.58. The largest absolute Gasteiger partial charge is 0.480 e. The van der Waals surface area contributed by atoms with E-state index in [1.165, 1.54) is 12.8 Å². The van der Waals surface area contributed by atoms with E-state index in [1.54, 1.807) is 7.05 Å². The highest BCUT2D eigenvalue weighted by Gasteiger charge is 2.54. The molecule has 4 saturated heterocycles. The lowest BCUT2D eigenvalue weighted by Crippen LogP contribution is -2.63. The van der Waals surface area contributed by atoms with Crippen LogP contribution in [0.25, 0.3) is 0 Å². The number of carbonyl (C=O) groups is 1. The molecule has 4 heterocycles. The van der Waals surface area contributed by atoms with E-state index in [1.807, 2.05) is 0 Å². The van der Waals surface area contributed by atoms with Crippen LogP contribution in [0.1, 0.15) is 19.8 Å². The second kappa shape index (κ2) is 5.04. The zero-order chi connectivity index (χ0) is 13.6. The SMILES string of the molecule is CCN1CC2C3CCN(CC3)C2C1C(NC)C(=O)O. The van der Waals surface area contributed by atoms with Gasteiger partial charge in [-0.05, 0) is 51.4 Å².